The Bertz CT molecular complexity index is 779. The molecule has 1 atom stereocenters. The summed E-state index contributed by atoms with van der Waals surface area (Å²) in [6.45, 7) is 0. The molecule has 0 saturated carbocycles. The third kappa shape index (κ3) is 1.63. The highest BCUT2D eigenvalue weighted by Crippen LogP contribution is 2.38. The largest absolute Gasteiger partial charge is 0.371 e. The molecule has 0 bridgehead atoms. The molecular formula is C16H12ClN3. The van der Waals surface area contributed by atoms with E-state index in [9.17, 15) is 0 Å². The zero-order valence-corrected chi connectivity index (χ0v) is 11.4. The van der Waals surface area contributed by atoms with Gasteiger partial charge in [0.1, 0.15) is 5.15 Å². The van der Waals surface area contributed by atoms with Crippen LogP contribution >= 0.6 is 11.6 Å². The molecule has 3 heterocycles. The SMILES string of the molecule is Clc1ncccc1C1Nc2ccccc2-n2cccc21. The lowest BCUT2D eigenvalue weighted by molar-refractivity contribution is 0.806. The second-order valence-electron chi connectivity index (χ2n) is 4.78. The van der Waals surface area contributed by atoms with Crippen molar-refractivity contribution in [3.8, 4) is 5.69 Å². The van der Waals surface area contributed by atoms with Crippen molar-refractivity contribution in [1.29, 1.82) is 0 Å². The highest BCUT2D eigenvalue weighted by Gasteiger charge is 2.26. The molecular weight excluding hydrogens is 270 g/mol. The number of fused-ring (bicyclic) bond motifs is 3. The van der Waals surface area contributed by atoms with Gasteiger partial charge < -0.3 is 9.88 Å². The Morgan fingerprint density at radius 2 is 1.95 bits per heavy atom. The van der Waals surface area contributed by atoms with E-state index in [1.165, 1.54) is 5.69 Å². The van der Waals surface area contributed by atoms with Gasteiger partial charge in [-0.25, -0.2) is 4.98 Å². The van der Waals surface area contributed by atoms with Crippen molar-refractivity contribution < 1.29 is 0 Å². The lowest BCUT2D eigenvalue weighted by atomic mass is 10.0. The van der Waals surface area contributed by atoms with Crippen molar-refractivity contribution in [2.75, 3.05) is 5.32 Å². The number of rotatable bonds is 1. The topological polar surface area (TPSA) is 29.9 Å². The third-order valence-electron chi connectivity index (χ3n) is 3.64. The van der Waals surface area contributed by atoms with Gasteiger partial charge in [-0.1, -0.05) is 29.8 Å². The Hall–Kier alpha value is -2.26. The fraction of sp³-hybridized carbons (Fsp3) is 0.0625. The number of hydrogen-bond acceptors (Lipinski definition) is 2. The molecule has 1 aromatic carbocycles. The molecule has 1 N–H and O–H groups in total. The Kier molecular flexibility index (Phi) is 2.54. The molecule has 20 heavy (non-hydrogen) atoms. The summed E-state index contributed by atoms with van der Waals surface area (Å²) in [5.41, 5.74) is 4.41. The first-order valence-corrected chi connectivity index (χ1v) is 6.86. The van der Waals surface area contributed by atoms with E-state index < -0.39 is 0 Å². The fourth-order valence-electron chi connectivity index (χ4n) is 2.73. The summed E-state index contributed by atoms with van der Waals surface area (Å²) in [5.74, 6) is 0. The first-order valence-electron chi connectivity index (χ1n) is 6.48. The summed E-state index contributed by atoms with van der Waals surface area (Å²) in [7, 11) is 0. The van der Waals surface area contributed by atoms with Gasteiger partial charge in [-0.15, -0.1) is 0 Å². The Morgan fingerprint density at radius 1 is 1.05 bits per heavy atom. The van der Waals surface area contributed by atoms with E-state index in [0.717, 1.165) is 16.9 Å². The number of anilines is 1. The number of para-hydroxylation sites is 2. The molecule has 1 aliphatic rings. The predicted octanol–water partition coefficient (Wildman–Crippen LogP) is 4.04. The normalized spacial score (nSPS) is 16.1. The van der Waals surface area contributed by atoms with Gasteiger partial charge in [-0.2, -0.15) is 0 Å². The number of halogens is 1. The molecule has 98 valence electrons. The van der Waals surface area contributed by atoms with Crippen LogP contribution in [0.1, 0.15) is 17.3 Å². The van der Waals surface area contributed by atoms with E-state index in [4.69, 9.17) is 11.6 Å². The molecule has 0 saturated heterocycles. The van der Waals surface area contributed by atoms with Crippen LogP contribution in [0.3, 0.4) is 0 Å². The highest BCUT2D eigenvalue weighted by atomic mass is 35.5. The van der Waals surface area contributed by atoms with Crippen molar-refractivity contribution in [2.45, 2.75) is 6.04 Å². The highest BCUT2D eigenvalue weighted by molar-refractivity contribution is 6.30. The van der Waals surface area contributed by atoms with Crippen molar-refractivity contribution in [3.05, 3.63) is 77.3 Å². The van der Waals surface area contributed by atoms with E-state index in [0.29, 0.717) is 5.15 Å². The molecule has 4 rings (SSSR count). The maximum absolute atomic E-state index is 6.26. The van der Waals surface area contributed by atoms with Crippen LogP contribution in [0.2, 0.25) is 5.15 Å². The van der Waals surface area contributed by atoms with Crippen LogP contribution in [0.25, 0.3) is 5.69 Å². The van der Waals surface area contributed by atoms with Gasteiger partial charge in [0.25, 0.3) is 0 Å². The summed E-state index contributed by atoms with van der Waals surface area (Å²) in [6.07, 6.45) is 3.79. The molecule has 1 aliphatic heterocycles. The predicted molar refractivity (Wildman–Crippen MR) is 80.5 cm³/mol. The number of hydrogen-bond donors (Lipinski definition) is 1. The zero-order chi connectivity index (χ0) is 13.5. The Labute approximate surface area is 121 Å². The second-order valence-corrected chi connectivity index (χ2v) is 5.14. The maximum atomic E-state index is 6.26. The number of pyridine rings is 1. The van der Waals surface area contributed by atoms with Crippen LogP contribution in [-0.2, 0) is 0 Å². The maximum Gasteiger partial charge on any atom is 0.134 e. The smallest absolute Gasteiger partial charge is 0.134 e. The lowest BCUT2D eigenvalue weighted by Crippen LogP contribution is -2.22. The van der Waals surface area contributed by atoms with Crippen LogP contribution < -0.4 is 5.32 Å². The number of nitrogens with one attached hydrogen (secondary N) is 1. The minimum absolute atomic E-state index is 0.0149. The van der Waals surface area contributed by atoms with Gasteiger partial charge in [0.05, 0.1) is 17.4 Å². The van der Waals surface area contributed by atoms with Crippen LogP contribution in [-0.4, -0.2) is 9.55 Å². The molecule has 0 aliphatic carbocycles. The average molecular weight is 282 g/mol. The standard InChI is InChI=1S/C16H12ClN3/c17-16-11(5-3-9-18-16)15-14-8-4-10-20(14)13-7-2-1-6-12(13)19-15/h1-10,15,19H. The van der Waals surface area contributed by atoms with Crippen molar-refractivity contribution in [1.82, 2.24) is 9.55 Å². The number of benzene rings is 1. The average Bonchev–Trinajstić information content (AvgIpc) is 2.97. The van der Waals surface area contributed by atoms with Crippen molar-refractivity contribution in [3.63, 3.8) is 0 Å². The van der Waals surface area contributed by atoms with Gasteiger partial charge in [-0.05, 0) is 30.3 Å². The number of aromatic nitrogens is 2. The van der Waals surface area contributed by atoms with Gasteiger partial charge >= 0.3 is 0 Å². The summed E-state index contributed by atoms with van der Waals surface area (Å²) in [4.78, 5) is 4.18. The summed E-state index contributed by atoms with van der Waals surface area (Å²) >= 11 is 6.26. The van der Waals surface area contributed by atoms with E-state index in [1.54, 1.807) is 6.20 Å². The lowest BCUT2D eigenvalue weighted by Gasteiger charge is -2.29. The molecule has 0 amide bonds. The summed E-state index contributed by atoms with van der Waals surface area (Å²) in [5, 5.41) is 4.09. The fourth-order valence-corrected chi connectivity index (χ4v) is 2.96. The van der Waals surface area contributed by atoms with Gasteiger partial charge in [0.2, 0.25) is 0 Å². The van der Waals surface area contributed by atoms with Crippen LogP contribution in [0.4, 0.5) is 5.69 Å². The van der Waals surface area contributed by atoms with Crippen molar-refractivity contribution in [2.24, 2.45) is 0 Å². The van der Waals surface area contributed by atoms with Gasteiger partial charge in [0.15, 0.2) is 0 Å². The molecule has 1 unspecified atom stereocenters. The molecule has 4 heteroatoms. The first-order chi connectivity index (χ1) is 9.84. The van der Waals surface area contributed by atoms with E-state index in [2.05, 4.69) is 45.3 Å². The van der Waals surface area contributed by atoms with Gasteiger partial charge in [0, 0.05) is 23.7 Å². The molecule has 0 fully saturated rings. The molecule has 3 aromatic rings. The van der Waals surface area contributed by atoms with Gasteiger partial charge in [-0.3, -0.25) is 0 Å². The summed E-state index contributed by atoms with van der Waals surface area (Å²) in [6, 6.07) is 16.4. The van der Waals surface area contributed by atoms with Crippen LogP contribution in [0.5, 0.6) is 0 Å². The third-order valence-corrected chi connectivity index (χ3v) is 3.95. The molecule has 2 aromatic heterocycles. The second kappa shape index (κ2) is 4.39. The number of nitrogens with zero attached hydrogens (tertiary/aromatic N) is 2. The summed E-state index contributed by atoms with van der Waals surface area (Å²) < 4.78 is 2.19. The van der Waals surface area contributed by atoms with E-state index >= 15 is 0 Å². The quantitative estimate of drug-likeness (QED) is 0.682. The molecule has 3 nitrogen and oxygen atoms in total. The monoisotopic (exact) mass is 281 g/mol. The molecule has 0 spiro atoms. The first kappa shape index (κ1) is 11.6. The minimum Gasteiger partial charge on any atom is -0.371 e. The minimum atomic E-state index is 0.0149. The van der Waals surface area contributed by atoms with E-state index in [1.807, 2.05) is 24.3 Å². The zero-order valence-electron chi connectivity index (χ0n) is 10.6. The van der Waals surface area contributed by atoms with Crippen molar-refractivity contribution >= 4 is 17.3 Å². The van der Waals surface area contributed by atoms with Crippen LogP contribution in [0.15, 0.2) is 60.9 Å². The van der Waals surface area contributed by atoms with Crippen LogP contribution in [0, 0.1) is 0 Å². The Balaban J connectivity index is 1.92. The van der Waals surface area contributed by atoms with E-state index in [-0.39, 0.29) is 6.04 Å². The Morgan fingerprint density at radius 3 is 2.85 bits per heavy atom. The molecule has 0 radical (unpaired) electrons.